The molecule has 1 aliphatic carbocycles. The fraction of sp³-hybridized carbons (Fsp3) is 0.533. The van der Waals surface area contributed by atoms with E-state index in [2.05, 4.69) is 5.32 Å². The van der Waals surface area contributed by atoms with Gasteiger partial charge in [0.15, 0.2) is 0 Å². The standard InChI is InChI=1S/C15H21FN2O2.ClH/c1-10(17)2-7-15(19)18-13-6-5-12(16)8-14(13)20-9-11-3-4-11;/h5-6,8,10-11H,2-4,7,9,17H2,1H3,(H,18,19);1H. The number of hydrogen-bond acceptors (Lipinski definition) is 3. The molecule has 1 fully saturated rings. The van der Waals surface area contributed by atoms with Crippen LogP contribution in [0.4, 0.5) is 10.1 Å². The van der Waals surface area contributed by atoms with Crippen LogP contribution in [0.5, 0.6) is 5.75 Å². The van der Waals surface area contributed by atoms with Crippen molar-refractivity contribution in [1.82, 2.24) is 0 Å². The van der Waals surface area contributed by atoms with Crippen molar-refractivity contribution >= 4 is 24.0 Å². The summed E-state index contributed by atoms with van der Waals surface area (Å²) in [6, 6.07) is 4.13. The molecule has 2 rings (SSSR count). The largest absolute Gasteiger partial charge is 0.491 e. The van der Waals surface area contributed by atoms with Gasteiger partial charge in [-0.2, -0.15) is 0 Å². The molecule has 3 N–H and O–H groups in total. The molecule has 0 aromatic heterocycles. The second kappa shape index (κ2) is 8.20. The minimum Gasteiger partial charge on any atom is -0.491 e. The fourth-order valence-electron chi connectivity index (χ4n) is 1.78. The third kappa shape index (κ3) is 6.31. The molecule has 1 aromatic rings. The number of hydrogen-bond donors (Lipinski definition) is 2. The Bertz CT molecular complexity index is 479. The van der Waals surface area contributed by atoms with Gasteiger partial charge in [0.05, 0.1) is 12.3 Å². The number of nitrogens with one attached hydrogen (secondary N) is 1. The third-order valence-corrected chi connectivity index (χ3v) is 3.22. The monoisotopic (exact) mass is 316 g/mol. The lowest BCUT2D eigenvalue weighted by molar-refractivity contribution is -0.116. The average Bonchev–Trinajstić information content (AvgIpc) is 3.20. The van der Waals surface area contributed by atoms with Crippen molar-refractivity contribution < 1.29 is 13.9 Å². The first-order valence-corrected chi connectivity index (χ1v) is 7.02. The molecule has 1 amide bonds. The molecule has 118 valence electrons. The third-order valence-electron chi connectivity index (χ3n) is 3.22. The van der Waals surface area contributed by atoms with Crippen LogP contribution in [0.25, 0.3) is 0 Å². The Morgan fingerprint density at radius 3 is 2.86 bits per heavy atom. The first-order valence-electron chi connectivity index (χ1n) is 7.02. The van der Waals surface area contributed by atoms with Crippen LogP contribution in [0.15, 0.2) is 18.2 Å². The quantitative estimate of drug-likeness (QED) is 0.812. The van der Waals surface area contributed by atoms with Crippen molar-refractivity contribution in [2.45, 2.75) is 38.6 Å². The van der Waals surface area contributed by atoms with Crippen LogP contribution >= 0.6 is 12.4 Å². The van der Waals surface area contributed by atoms with E-state index in [4.69, 9.17) is 10.5 Å². The summed E-state index contributed by atoms with van der Waals surface area (Å²) in [5.41, 5.74) is 6.13. The van der Waals surface area contributed by atoms with E-state index in [-0.39, 0.29) is 30.2 Å². The number of anilines is 1. The van der Waals surface area contributed by atoms with Crippen LogP contribution in [-0.2, 0) is 4.79 Å². The highest BCUT2D eigenvalue weighted by Crippen LogP contribution is 2.32. The van der Waals surface area contributed by atoms with E-state index < -0.39 is 0 Å². The van der Waals surface area contributed by atoms with Gasteiger partial charge in [-0.25, -0.2) is 4.39 Å². The molecule has 0 spiro atoms. The summed E-state index contributed by atoms with van der Waals surface area (Å²) < 4.78 is 18.9. The number of carbonyl (C=O) groups is 1. The normalized spacial score (nSPS) is 15.0. The van der Waals surface area contributed by atoms with E-state index in [1.807, 2.05) is 6.92 Å². The lowest BCUT2D eigenvalue weighted by Gasteiger charge is -2.13. The molecule has 1 atom stereocenters. The Morgan fingerprint density at radius 1 is 1.52 bits per heavy atom. The zero-order valence-corrected chi connectivity index (χ0v) is 12.9. The first kappa shape index (κ1) is 17.7. The van der Waals surface area contributed by atoms with Gasteiger partial charge in [-0.1, -0.05) is 0 Å². The van der Waals surface area contributed by atoms with Crippen molar-refractivity contribution in [3.8, 4) is 5.75 Å². The molecule has 21 heavy (non-hydrogen) atoms. The highest BCUT2D eigenvalue weighted by molar-refractivity contribution is 5.92. The van der Waals surface area contributed by atoms with Crippen molar-refractivity contribution in [3.05, 3.63) is 24.0 Å². The SMILES string of the molecule is CC(N)CCC(=O)Nc1ccc(F)cc1OCC1CC1.Cl. The van der Waals surface area contributed by atoms with Crippen molar-refractivity contribution in [1.29, 1.82) is 0 Å². The molecule has 0 bridgehead atoms. The number of rotatable bonds is 7. The van der Waals surface area contributed by atoms with Crippen molar-refractivity contribution in [2.24, 2.45) is 11.7 Å². The van der Waals surface area contributed by atoms with Crippen LogP contribution < -0.4 is 15.8 Å². The topological polar surface area (TPSA) is 64.4 Å². The number of amides is 1. The Kier molecular flexibility index (Phi) is 6.92. The second-order valence-corrected chi connectivity index (χ2v) is 5.46. The van der Waals surface area contributed by atoms with E-state index in [1.54, 1.807) is 0 Å². The Balaban J connectivity index is 0.00000220. The van der Waals surface area contributed by atoms with E-state index >= 15 is 0 Å². The first-order chi connectivity index (χ1) is 9.54. The summed E-state index contributed by atoms with van der Waals surface area (Å²) in [6.45, 7) is 2.43. The van der Waals surface area contributed by atoms with Crippen LogP contribution in [-0.4, -0.2) is 18.6 Å². The molecule has 6 heteroatoms. The number of ether oxygens (including phenoxy) is 1. The molecule has 4 nitrogen and oxygen atoms in total. The zero-order valence-electron chi connectivity index (χ0n) is 12.1. The Morgan fingerprint density at radius 2 is 2.24 bits per heavy atom. The lowest BCUT2D eigenvalue weighted by atomic mass is 10.2. The molecule has 0 heterocycles. The van der Waals surface area contributed by atoms with Gasteiger partial charge in [-0.05, 0) is 44.2 Å². The maximum Gasteiger partial charge on any atom is 0.224 e. The van der Waals surface area contributed by atoms with Crippen LogP contribution in [0.1, 0.15) is 32.6 Å². The van der Waals surface area contributed by atoms with Gasteiger partial charge in [0.25, 0.3) is 0 Å². The van der Waals surface area contributed by atoms with Gasteiger partial charge in [-0.15, -0.1) is 12.4 Å². The fourth-order valence-corrected chi connectivity index (χ4v) is 1.78. The van der Waals surface area contributed by atoms with Gasteiger partial charge in [0.1, 0.15) is 11.6 Å². The van der Waals surface area contributed by atoms with Crippen LogP contribution in [0.2, 0.25) is 0 Å². The molecule has 0 radical (unpaired) electrons. The van der Waals surface area contributed by atoms with Gasteiger partial charge in [0, 0.05) is 18.5 Å². The van der Waals surface area contributed by atoms with Crippen LogP contribution in [0.3, 0.4) is 0 Å². The predicted molar refractivity (Wildman–Crippen MR) is 83.4 cm³/mol. The van der Waals surface area contributed by atoms with Gasteiger partial charge < -0.3 is 15.8 Å². The summed E-state index contributed by atoms with van der Waals surface area (Å²) >= 11 is 0. The number of carbonyl (C=O) groups excluding carboxylic acids is 1. The average molecular weight is 317 g/mol. The Hall–Kier alpha value is -1.33. The number of halogens is 2. The summed E-state index contributed by atoms with van der Waals surface area (Å²) in [7, 11) is 0. The Labute approximate surface area is 130 Å². The summed E-state index contributed by atoms with van der Waals surface area (Å²) in [5, 5.41) is 2.75. The van der Waals surface area contributed by atoms with Crippen LogP contribution in [0, 0.1) is 11.7 Å². The summed E-state index contributed by atoms with van der Waals surface area (Å²) in [6.07, 6.45) is 3.28. The molecule has 1 saturated carbocycles. The molecule has 1 unspecified atom stereocenters. The minimum atomic E-state index is -0.371. The minimum absolute atomic E-state index is 0. The molecule has 0 aliphatic heterocycles. The van der Waals surface area contributed by atoms with Gasteiger partial charge in [0.2, 0.25) is 5.91 Å². The molecule has 1 aliphatic rings. The van der Waals surface area contributed by atoms with E-state index in [0.717, 1.165) is 12.8 Å². The maximum atomic E-state index is 13.3. The van der Waals surface area contributed by atoms with E-state index in [0.29, 0.717) is 36.8 Å². The van der Waals surface area contributed by atoms with Gasteiger partial charge >= 0.3 is 0 Å². The second-order valence-electron chi connectivity index (χ2n) is 5.46. The zero-order chi connectivity index (χ0) is 14.5. The summed E-state index contributed by atoms with van der Waals surface area (Å²) in [5.74, 6) is 0.459. The van der Waals surface area contributed by atoms with E-state index in [9.17, 15) is 9.18 Å². The van der Waals surface area contributed by atoms with Gasteiger partial charge in [-0.3, -0.25) is 4.79 Å². The van der Waals surface area contributed by atoms with Crippen molar-refractivity contribution in [2.75, 3.05) is 11.9 Å². The molecule has 0 saturated heterocycles. The predicted octanol–water partition coefficient (Wildman–Crippen LogP) is 3.10. The summed E-state index contributed by atoms with van der Waals surface area (Å²) in [4.78, 5) is 11.8. The smallest absolute Gasteiger partial charge is 0.224 e. The number of nitrogens with two attached hydrogens (primary N) is 1. The highest BCUT2D eigenvalue weighted by atomic mass is 35.5. The highest BCUT2D eigenvalue weighted by Gasteiger charge is 2.22. The van der Waals surface area contributed by atoms with Crippen molar-refractivity contribution in [3.63, 3.8) is 0 Å². The molecular weight excluding hydrogens is 295 g/mol. The lowest BCUT2D eigenvalue weighted by Crippen LogP contribution is -2.19. The maximum absolute atomic E-state index is 13.3. The molecule has 1 aromatic carbocycles. The van der Waals surface area contributed by atoms with E-state index in [1.165, 1.54) is 18.2 Å². The molecular formula is C15H22ClFN2O2. The number of benzene rings is 1.